The van der Waals surface area contributed by atoms with Crippen LogP contribution in [0.15, 0.2) is 22.7 Å². The van der Waals surface area contributed by atoms with E-state index in [9.17, 15) is 14.7 Å². The Hall–Kier alpha value is -2.45. The number of benzene rings is 1. The molecule has 0 unspecified atom stereocenters. The largest absolute Gasteiger partial charge is 0.380 e. The standard InChI is InChI=1S/C14H17N3O5/c1-7(2)21-11(6-18)12(19)14(20)16-8-3-4-9-10(5-8)22-17-13(9)15/h3-7,11-12,19H,1-2H3,(H2,15,17)(H,16,20)/t11-,12+/m0/s1. The highest BCUT2D eigenvalue weighted by molar-refractivity contribution is 5.98. The summed E-state index contributed by atoms with van der Waals surface area (Å²) in [7, 11) is 0. The van der Waals surface area contributed by atoms with Gasteiger partial charge in [-0.15, -0.1) is 0 Å². The number of nitrogen functional groups attached to an aromatic ring is 1. The summed E-state index contributed by atoms with van der Waals surface area (Å²) in [6.07, 6.45) is -2.75. The lowest BCUT2D eigenvalue weighted by Crippen LogP contribution is -2.41. The van der Waals surface area contributed by atoms with E-state index in [2.05, 4.69) is 10.5 Å². The Morgan fingerprint density at radius 3 is 2.86 bits per heavy atom. The van der Waals surface area contributed by atoms with E-state index in [1.54, 1.807) is 26.0 Å². The highest BCUT2D eigenvalue weighted by atomic mass is 16.5. The van der Waals surface area contributed by atoms with Crippen LogP contribution in [-0.4, -0.2) is 40.8 Å². The molecule has 1 aromatic carbocycles. The number of nitrogens with zero attached hydrogens (tertiary/aromatic N) is 1. The summed E-state index contributed by atoms with van der Waals surface area (Å²) >= 11 is 0. The number of carbonyl (C=O) groups is 2. The average Bonchev–Trinajstić information content (AvgIpc) is 2.84. The van der Waals surface area contributed by atoms with Crippen LogP contribution >= 0.6 is 0 Å². The van der Waals surface area contributed by atoms with Crippen LogP contribution in [0.25, 0.3) is 11.0 Å². The molecule has 8 heteroatoms. The number of nitrogens with two attached hydrogens (primary N) is 1. The molecule has 0 aliphatic heterocycles. The van der Waals surface area contributed by atoms with E-state index >= 15 is 0 Å². The third-order valence-corrected chi connectivity index (χ3v) is 2.91. The molecule has 2 aromatic rings. The first-order chi connectivity index (χ1) is 10.4. The lowest BCUT2D eigenvalue weighted by atomic mass is 10.2. The maximum absolute atomic E-state index is 12.0. The molecule has 0 saturated heterocycles. The minimum atomic E-state index is -1.62. The molecule has 8 nitrogen and oxygen atoms in total. The number of hydrogen-bond acceptors (Lipinski definition) is 7. The van der Waals surface area contributed by atoms with Gasteiger partial charge in [0.1, 0.15) is 6.10 Å². The Balaban J connectivity index is 2.10. The molecule has 0 spiro atoms. The Morgan fingerprint density at radius 1 is 1.50 bits per heavy atom. The number of nitrogens with one attached hydrogen (secondary N) is 1. The molecular weight excluding hydrogens is 290 g/mol. The van der Waals surface area contributed by atoms with E-state index in [1.807, 2.05) is 0 Å². The number of carbonyl (C=O) groups excluding carboxylic acids is 2. The molecule has 0 fully saturated rings. The van der Waals surface area contributed by atoms with E-state index in [0.717, 1.165) is 0 Å². The number of aliphatic hydroxyl groups is 1. The Morgan fingerprint density at radius 2 is 2.23 bits per heavy atom. The average molecular weight is 307 g/mol. The summed E-state index contributed by atoms with van der Waals surface area (Å²) in [5.41, 5.74) is 6.37. The van der Waals surface area contributed by atoms with E-state index in [0.29, 0.717) is 22.9 Å². The molecule has 4 N–H and O–H groups in total. The van der Waals surface area contributed by atoms with Gasteiger partial charge in [0, 0.05) is 11.8 Å². The molecule has 1 aromatic heterocycles. The van der Waals surface area contributed by atoms with Crippen molar-refractivity contribution in [2.75, 3.05) is 11.1 Å². The van der Waals surface area contributed by atoms with Gasteiger partial charge in [0.05, 0.1) is 11.5 Å². The van der Waals surface area contributed by atoms with Crippen LogP contribution in [0.2, 0.25) is 0 Å². The van der Waals surface area contributed by atoms with Crippen LogP contribution in [0, 0.1) is 0 Å². The van der Waals surface area contributed by atoms with Crippen molar-refractivity contribution in [2.45, 2.75) is 32.2 Å². The lowest BCUT2D eigenvalue weighted by molar-refractivity contribution is -0.143. The highest BCUT2D eigenvalue weighted by Gasteiger charge is 2.27. The monoisotopic (exact) mass is 307 g/mol. The number of aliphatic hydroxyl groups excluding tert-OH is 1. The molecule has 1 heterocycles. The number of aromatic nitrogens is 1. The van der Waals surface area contributed by atoms with Crippen LogP contribution in [0.1, 0.15) is 13.8 Å². The maximum atomic E-state index is 12.0. The van der Waals surface area contributed by atoms with E-state index < -0.39 is 18.1 Å². The molecule has 1 amide bonds. The number of ether oxygens (including phenoxy) is 1. The van der Waals surface area contributed by atoms with Crippen molar-refractivity contribution in [2.24, 2.45) is 0 Å². The van der Waals surface area contributed by atoms with Crippen LogP contribution in [0.5, 0.6) is 0 Å². The summed E-state index contributed by atoms with van der Waals surface area (Å²) in [5.74, 6) is -0.510. The minimum absolute atomic E-state index is 0.249. The van der Waals surface area contributed by atoms with Gasteiger partial charge in [-0.2, -0.15) is 0 Å². The van der Waals surface area contributed by atoms with Gasteiger partial charge in [-0.3, -0.25) is 4.79 Å². The fourth-order valence-corrected chi connectivity index (χ4v) is 1.90. The van der Waals surface area contributed by atoms with E-state index in [-0.39, 0.29) is 11.9 Å². The van der Waals surface area contributed by atoms with Crippen LogP contribution in [-0.2, 0) is 14.3 Å². The lowest BCUT2D eigenvalue weighted by Gasteiger charge is -2.20. The zero-order valence-corrected chi connectivity index (χ0v) is 12.1. The van der Waals surface area contributed by atoms with Gasteiger partial charge >= 0.3 is 0 Å². The number of aldehydes is 1. The molecule has 2 atom stereocenters. The molecular formula is C14H17N3O5. The van der Waals surface area contributed by atoms with Gasteiger partial charge in [0.2, 0.25) is 0 Å². The summed E-state index contributed by atoms with van der Waals surface area (Å²) < 4.78 is 10.2. The second-order valence-corrected chi connectivity index (χ2v) is 5.00. The predicted octanol–water partition coefficient (Wildman–Crippen LogP) is 0.702. The molecule has 2 rings (SSSR count). The topological polar surface area (TPSA) is 128 Å². The summed E-state index contributed by atoms with van der Waals surface area (Å²) in [6.45, 7) is 3.40. The van der Waals surface area contributed by atoms with Gasteiger partial charge in [-0.25, -0.2) is 0 Å². The quantitative estimate of drug-likeness (QED) is 0.670. The van der Waals surface area contributed by atoms with Gasteiger partial charge in [-0.05, 0) is 26.0 Å². The highest BCUT2D eigenvalue weighted by Crippen LogP contribution is 2.23. The molecule has 0 aliphatic rings. The van der Waals surface area contributed by atoms with Crippen molar-refractivity contribution < 1.29 is 24.0 Å². The Bertz CT molecular complexity index is 682. The van der Waals surface area contributed by atoms with Crippen molar-refractivity contribution in [1.29, 1.82) is 0 Å². The number of anilines is 2. The van der Waals surface area contributed by atoms with Gasteiger partial charge in [-0.1, -0.05) is 5.16 Å². The first-order valence-corrected chi connectivity index (χ1v) is 6.67. The zero-order chi connectivity index (χ0) is 16.3. The number of rotatable bonds is 6. The third-order valence-electron chi connectivity index (χ3n) is 2.91. The summed E-state index contributed by atoms with van der Waals surface area (Å²) in [4.78, 5) is 22.9. The van der Waals surface area contributed by atoms with Crippen molar-refractivity contribution in [1.82, 2.24) is 5.16 Å². The minimum Gasteiger partial charge on any atom is -0.380 e. The fraction of sp³-hybridized carbons (Fsp3) is 0.357. The molecule has 0 bridgehead atoms. The molecule has 0 aliphatic carbocycles. The summed E-state index contributed by atoms with van der Waals surface area (Å²) in [5, 5.41) is 16.6. The number of amides is 1. The normalized spacial score (nSPS) is 14.0. The van der Waals surface area contributed by atoms with Crippen LogP contribution in [0.4, 0.5) is 11.5 Å². The van der Waals surface area contributed by atoms with Crippen LogP contribution < -0.4 is 11.1 Å². The molecule has 0 saturated carbocycles. The maximum Gasteiger partial charge on any atom is 0.256 e. The van der Waals surface area contributed by atoms with Crippen molar-refractivity contribution in [3.63, 3.8) is 0 Å². The van der Waals surface area contributed by atoms with Crippen molar-refractivity contribution in [3.05, 3.63) is 18.2 Å². The van der Waals surface area contributed by atoms with Gasteiger partial charge in [0.25, 0.3) is 5.91 Å². The van der Waals surface area contributed by atoms with Crippen molar-refractivity contribution >= 4 is 34.7 Å². The predicted molar refractivity (Wildman–Crippen MR) is 79.1 cm³/mol. The van der Waals surface area contributed by atoms with Gasteiger partial charge in [0.15, 0.2) is 23.8 Å². The molecule has 22 heavy (non-hydrogen) atoms. The second-order valence-electron chi connectivity index (χ2n) is 5.00. The third kappa shape index (κ3) is 3.41. The first-order valence-electron chi connectivity index (χ1n) is 6.67. The smallest absolute Gasteiger partial charge is 0.256 e. The second kappa shape index (κ2) is 6.54. The van der Waals surface area contributed by atoms with Crippen molar-refractivity contribution in [3.8, 4) is 0 Å². The number of hydrogen-bond donors (Lipinski definition) is 3. The SMILES string of the molecule is CC(C)O[C@@H](C=O)[C@@H](O)C(=O)Nc1ccc2c(N)noc2c1. The fourth-order valence-electron chi connectivity index (χ4n) is 1.90. The van der Waals surface area contributed by atoms with E-state index in [4.69, 9.17) is 15.0 Å². The van der Waals surface area contributed by atoms with Gasteiger partial charge < -0.3 is 30.2 Å². The Kier molecular flexibility index (Phi) is 4.74. The first kappa shape index (κ1) is 15.9. The Labute approximate surface area is 126 Å². The van der Waals surface area contributed by atoms with E-state index in [1.165, 1.54) is 6.07 Å². The number of fused-ring (bicyclic) bond motifs is 1. The molecule has 0 radical (unpaired) electrons. The zero-order valence-electron chi connectivity index (χ0n) is 12.1. The summed E-state index contributed by atoms with van der Waals surface area (Å²) in [6, 6.07) is 4.73. The van der Waals surface area contributed by atoms with Crippen LogP contribution in [0.3, 0.4) is 0 Å². The molecule has 118 valence electrons.